The first-order valence-electron chi connectivity index (χ1n) is 7.67. The summed E-state index contributed by atoms with van der Waals surface area (Å²) in [6.07, 6.45) is 4.76. The normalized spacial score (nSPS) is 17.2. The summed E-state index contributed by atoms with van der Waals surface area (Å²) in [5, 5.41) is 9.26. The van der Waals surface area contributed by atoms with Gasteiger partial charge in [-0.25, -0.2) is 0 Å². The van der Waals surface area contributed by atoms with Gasteiger partial charge in [-0.2, -0.15) is 0 Å². The van der Waals surface area contributed by atoms with Crippen LogP contribution in [0.1, 0.15) is 49.4 Å². The Hall–Kier alpha value is -2.04. The third-order valence-corrected chi connectivity index (χ3v) is 3.74. The number of carbonyl (C=O) groups is 2. The van der Waals surface area contributed by atoms with E-state index in [1.807, 2.05) is 25.1 Å². The largest absolute Gasteiger partial charge is 0.380 e. The molecular formula is C16H21N3O2. The van der Waals surface area contributed by atoms with Gasteiger partial charge in [0, 0.05) is 18.5 Å². The van der Waals surface area contributed by atoms with Crippen molar-refractivity contribution in [2.24, 2.45) is 0 Å². The molecule has 5 heteroatoms. The second kappa shape index (κ2) is 5.76. The van der Waals surface area contributed by atoms with Crippen LogP contribution < -0.4 is 16.0 Å². The predicted molar refractivity (Wildman–Crippen MR) is 82.5 cm³/mol. The lowest BCUT2D eigenvalue weighted by molar-refractivity contribution is -0.115. The van der Waals surface area contributed by atoms with Crippen molar-refractivity contribution in [3.8, 4) is 0 Å². The van der Waals surface area contributed by atoms with E-state index in [1.165, 1.54) is 0 Å². The highest BCUT2D eigenvalue weighted by molar-refractivity contribution is 6.05. The number of benzene rings is 1. The van der Waals surface area contributed by atoms with E-state index in [-0.39, 0.29) is 11.8 Å². The predicted octanol–water partition coefficient (Wildman–Crippen LogP) is 2.50. The zero-order valence-electron chi connectivity index (χ0n) is 12.2. The Morgan fingerprint density at radius 1 is 1.14 bits per heavy atom. The number of para-hydroxylation sites is 1. The maximum Gasteiger partial charge on any atom is 0.253 e. The summed E-state index contributed by atoms with van der Waals surface area (Å²) in [5.74, 6) is -0.109. The minimum absolute atomic E-state index is 0.0476. The van der Waals surface area contributed by atoms with E-state index in [9.17, 15) is 9.59 Å². The first-order chi connectivity index (χ1) is 10.2. The monoisotopic (exact) mass is 287 g/mol. The van der Waals surface area contributed by atoms with Gasteiger partial charge >= 0.3 is 0 Å². The van der Waals surface area contributed by atoms with Gasteiger partial charge in [-0.1, -0.05) is 13.0 Å². The van der Waals surface area contributed by atoms with Crippen LogP contribution in [0.2, 0.25) is 0 Å². The molecule has 1 aromatic rings. The number of nitrogens with one attached hydrogen (secondary N) is 3. The topological polar surface area (TPSA) is 70.2 Å². The molecule has 0 aliphatic heterocycles. The zero-order chi connectivity index (χ0) is 14.8. The van der Waals surface area contributed by atoms with Gasteiger partial charge in [0.15, 0.2) is 0 Å². The van der Waals surface area contributed by atoms with Crippen LogP contribution in [0, 0.1) is 0 Å². The standard InChI is InChI=1S/C16H21N3O2/c1-2-14(20)19-13-5-3-4-12(15(13)17-10-6-7-10)16(21)18-11-8-9-11/h3-5,10-11,17H,2,6-9H2,1H3,(H,18,21)(H,19,20). The summed E-state index contributed by atoms with van der Waals surface area (Å²) in [7, 11) is 0. The van der Waals surface area contributed by atoms with Crippen LogP contribution in [-0.4, -0.2) is 23.9 Å². The molecule has 0 bridgehead atoms. The number of hydrogen-bond acceptors (Lipinski definition) is 3. The highest BCUT2D eigenvalue weighted by Crippen LogP contribution is 2.33. The zero-order valence-corrected chi connectivity index (χ0v) is 12.2. The second-order valence-corrected chi connectivity index (χ2v) is 5.80. The maximum atomic E-state index is 12.4. The van der Waals surface area contributed by atoms with Crippen LogP contribution in [0.5, 0.6) is 0 Å². The molecule has 0 heterocycles. The fourth-order valence-electron chi connectivity index (χ4n) is 2.16. The molecule has 2 saturated carbocycles. The van der Waals surface area contributed by atoms with Gasteiger partial charge in [0.05, 0.1) is 16.9 Å². The lowest BCUT2D eigenvalue weighted by Gasteiger charge is -2.16. The third-order valence-electron chi connectivity index (χ3n) is 3.74. The Morgan fingerprint density at radius 2 is 1.86 bits per heavy atom. The molecule has 5 nitrogen and oxygen atoms in total. The minimum Gasteiger partial charge on any atom is -0.380 e. The lowest BCUT2D eigenvalue weighted by Crippen LogP contribution is -2.27. The molecule has 2 fully saturated rings. The van der Waals surface area contributed by atoms with Crippen molar-refractivity contribution in [2.45, 2.75) is 51.1 Å². The molecule has 0 atom stereocenters. The minimum atomic E-state index is -0.0618. The molecule has 3 N–H and O–H groups in total. The van der Waals surface area contributed by atoms with Gasteiger partial charge < -0.3 is 16.0 Å². The number of hydrogen-bond donors (Lipinski definition) is 3. The van der Waals surface area contributed by atoms with Gasteiger partial charge in [0.1, 0.15) is 0 Å². The van der Waals surface area contributed by atoms with Crippen molar-refractivity contribution in [3.63, 3.8) is 0 Å². The smallest absolute Gasteiger partial charge is 0.253 e. The van der Waals surface area contributed by atoms with Crippen molar-refractivity contribution in [3.05, 3.63) is 23.8 Å². The number of anilines is 2. The van der Waals surface area contributed by atoms with Gasteiger partial charge in [-0.05, 0) is 37.8 Å². The average Bonchev–Trinajstić information content (AvgIpc) is 3.36. The summed E-state index contributed by atoms with van der Waals surface area (Å²) in [6, 6.07) is 6.19. The first kappa shape index (κ1) is 13.9. The Kier molecular flexibility index (Phi) is 3.82. The Morgan fingerprint density at radius 3 is 2.48 bits per heavy atom. The Labute approximate surface area is 124 Å². The van der Waals surface area contributed by atoms with Gasteiger partial charge in [-0.15, -0.1) is 0 Å². The molecule has 2 aliphatic carbocycles. The van der Waals surface area contributed by atoms with Crippen molar-refractivity contribution < 1.29 is 9.59 Å². The number of amides is 2. The molecule has 0 saturated heterocycles. The van der Waals surface area contributed by atoms with E-state index < -0.39 is 0 Å². The third kappa shape index (κ3) is 3.54. The molecular weight excluding hydrogens is 266 g/mol. The van der Waals surface area contributed by atoms with Crippen molar-refractivity contribution in [2.75, 3.05) is 10.6 Å². The van der Waals surface area contributed by atoms with Crippen molar-refractivity contribution >= 4 is 23.2 Å². The summed E-state index contributed by atoms with van der Waals surface area (Å²) in [6.45, 7) is 1.81. The SMILES string of the molecule is CCC(=O)Nc1cccc(C(=O)NC2CC2)c1NC1CC1. The summed E-state index contributed by atoms with van der Waals surface area (Å²) >= 11 is 0. The van der Waals surface area contributed by atoms with Crippen LogP contribution in [-0.2, 0) is 4.79 Å². The molecule has 21 heavy (non-hydrogen) atoms. The van der Waals surface area contributed by atoms with Crippen LogP contribution in [0.4, 0.5) is 11.4 Å². The van der Waals surface area contributed by atoms with Gasteiger partial charge in [-0.3, -0.25) is 9.59 Å². The summed E-state index contributed by atoms with van der Waals surface area (Å²) in [5.41, 5.74) is 2.06. The Bertz CT molecular complexity index is 563. The quantitative estimate of drug-likeness (QED) is 0.753. The van der Waals surface area contributed by atoms with E-state index in [0.29, 0.717) is 29.8 Å². The molecule has 1 aromatic carbocycles. The van der Waals surface area contributed by atoms with Crippen LogP contribution >= 0.6 is 0 Å². The molecule has 112 valence electrons. The van der Waals surface area contributed by atoms with E-state index in [4.69, 9.17) is 0 Å². The molecule has 0 spiro atoms. The highest BCUT2D eigenvalue weighted by Gasteiger charge is 2.28. The lowest BCUT2D eigenvalue weighted by atomic mass is 10.1. The van der Waals surface area contributed by atoms with E-state index in [1.54, 1.807) is 0 Å². The molecule has 3 rings (SSSR count). The Balaban J connectivity index is 1.86. The van der Waals surface area contributed by atoms with E-state index in [2.05, 4.69) is 16.0 Å². The molecule has 0 radical (unpaired) electrons. The van der Waals surface area contributed by atoms with Crippen molar-refractivity contribution in [1.29, 1.82) is 0 Å². The van der Waals surface area contributed by atoms with Crippen LogP contribution in [0.3, 0.4) is 0 Å². The van der Waals surface area contributed by atoms with Crippen molar-refractivity contribution in [1.82, 2.24) is 5.32 Å². The fraction of sp³-hybridized carbons (Fsp3) is 0.500. The molecule has 2 aliphatic rings. The molecule has 2 amide bonds. The van der Waals surface area contributed by atoms with Gasteiger partial charge in [0.25, 0.3) is 5.91 Å². The van der Waals surface area contributed by atoms with E-state index >= 15 is 0 Å². The summed E-state index contributed by atoms with van der Waals surface area (Å²) in [4.78, 5) is 24.0. The fourth-order valence-corrected chi connectivity index (χ4v) is 2.16. The maximum absolute atomic E-state index is 12.4. The second-order valence-electron chi connectivity index (χ2n) is 5.80. The number of rotatable bonds is 6. The van der Waals surface area contributed by atoms with Gasteiger partial charge in [0.2, 0.25) is 5.91 Å². The highest BCUT2D eigenvalue weighted by atomic mass is 16.2. The first-order valence-corrected chi connectivity index (χ1v) is 7.67. The van der Waals surface area contributed by atoms with Crippen LogP contribution in [0.15, 0.2) is 18.2 Å². The molecule has 0 aromatic heterocycles. The number of carbonyl (C=O) groups excluding carboxylic acids is 2. The summed E-state index contributed by atoms with van der Waals surface area (Å²) < 4.78 is 0. The van der Waals surface area contributed by atoms with Crippen LogP contribution in [0.25, 0.3) is 0 Å². The average molecular weight is 287 g/mol. The molecule has 0 unspecified atom stereocenters. The van der Waals surface area contributed by atoms with E-state index in [0.717, 1.165) is 31.4 Å².